The Labute approximate surface area is 118 Å². The van der Waals surface area contributed by atoms with E-state index in [1.165, 1.54) is 0 Å². The number of methoxy groups -OCH3 is 1. The lowest BCUT2D eigenvalue weighted by Crippen LogP contribution is -2.36. The Hall–Kier alpha value is -1.53. The SMILES string of the molecule is CCS(=O)(=O)N1CCc2[nH]c3c(OC)cccc3c2C1. The second kappa shape index (κ2) is 4.79. The van der Waals surface area contributed by atoms with E-state index >= 15 is 0 Å². The first kappa shape index (κ1) is 13.5. The molecule has 0 saturated carbocycles. The summed E-state index contributed by atoms with van der Waals surface area (Å²) in [6.07, 6.45) is 0.715. The van der Waals surface area contributed by atoms with Gasteiger partial charge < -0.3 is 9.72 Å². The Bertz CT molecular complexity index is 749. The van der Waals surface area contributed by atoms with Crippen molar-refractivity contribution in [3.05, 3.63) is 29.5 Å². The number of nitrogens with one attached hydrogen (secondary N) is 1. The molecule has 1 aliphatic heterocycles. The Morgan fingerprint density at radius 3 is 2.90 bits per heavy atom. The lowest BCUT2D eigenvalue weighted by Gasteiger charge is -2.25. The molecule has 0 saturated heterocycles. The summed E-state index contributed by atoms with van der Waals surface area (Å²) >= 11 is 0. The van der Waals surface area contributed by atoms with Crippen LogP contribution < -0.4 is 4.74 Å². The number of fused-ring (bicyclic) bond motifs is 3. The molecular weight excluding hydrogens is 276 g/mol. The van der Waals surface area contributed by atoms with E-state index in [1.807, 2.05) is 18.2 Å². The van der Waals surface area contributed by atoms with Crippen LogP contribution in [0.2, 0.25) is 0 Å². The van der Waals surface area contributed by atoms with Crippen molar-refractivity contribution >= 4 is 20.9 Å². The quantitative estimate of drug-likeness (QED) is 0.940. The summed E-state index contributed by atoms with van der Waals surface area (Å²) in [6, 6.07) is 5.85. The van der Waals surface area contributed by atoms with Crippen molar-refractivity contribution < 1.29 is 13.2 Å². The average Bonchev–Trinajstić information content (AvgIpc) is 2.84. The highest BCUT2D eigenvalue weighted by atomic mass is 32.2. The van der Waals surface area contributed by atoms with Crippen LogP contribution in [0.1, 0.15) is 18.2 Å². The standard InChI is InChI=1S/C14H18N2O3S/c1-3-20(17,18)16-8-7-12-11(9-16)10-5-4-6-13(19-2)14(10)15-12/h4-6,15H,3,7-9H2,1-2H3. The predicted octanol–water partition coefficient (Wildman–Crippen LogP) is 1.88. The van der Waals surface area contributed by atoms with E-state index in [4.69, 9.17) is 4.74 Å². The summed E-state index contributed by atoms with van der Waals surface area (Å²) in [6.45, 7) is 2.67. The van der Waals surface area contributed by atoms with Gasteiger partial charge in [-0.2, -0.15) is 4.31 Å². The van der Waals surface area contributed by atoms with Crippen molar-refractivity contribution in [2.24, 2.45) is 0 Å². The zero-order valence-corrected chi connectivity index (χ0v) is 12.5. The molecule has 0 atom stereocenters. The van der Waals surface area contributed by atoms with Gasteiger partial charge in [-0.05, 0) is 18.6 Å². The predicted molar refractivity (Wildman–Crippen MR) is 78.4 cm³/mol. The third kappa shape index (κ3) is 1.99. The van der Waals surface area contributed by atoms with E-state index in [-0.39, 0.29) is 5.75 Å². The zero-order valence-electron chi connectivity index (χ0n) is 11.6. The Kier molecular flexibility index (Phi) is 3.22. The molecule has 108 valence electrons. The van der Waals surface area contributed by atoms with Crippen LogP contribution in [0.25, 0.3) is 10.9 Å². The third-order valence-corrected chi connectivity index (χ3v) is 5.74. The van der Waals surface area contributed by atoms with Crippen LogP contribution in [0.15, 0.2) is 18.2 Å². The van der Waals surface area contributed by atoms with Gasteiger partial charge in [0.1, 0.15) is 5.75 Å². The number of ether oxygens (including phenoxy) is 1. The number of para-hydroxylation sites is 1. The summed E-state index contributed by atoms with van der Waals surface area (Å²) in [5.41, 5.74) is 3.14. The summed E-state index contributed by atoms with van der Waals surface area (Å²) in [5, 5.41) is 1.05. The molecular formula is C14H18N2O3S. The molecule has 0 amide bonds. The number of hydrogen-bond acceptors (Lipinski definition) is 3. The highest BCUT2D eigenvalue weighted by Crippen LogP contribution is 2.33. The first-order chi connectivity index (χ1) is 9.56. The topological polar surface area (TPSA) is 62.4 Å². The third-order valence-electron chi connectivity index (χ3n) is 3.92. The molecule has 0 unspecified atom stereocenters. The van der Waals surface area contributed by atoms with Crippen LogP contribution in [-0.4, -0.2) is 37.1 Å². The van der Waals surface area contributed by atoms with Crippen LogP contribution >= 0.6 is 0 Å². The number of benzene rings is 1. The maximum absolute atomic E-state index is 12.0. The molecule has 2 aromatic rings. The van der Waals surface area contributed by atoms with E-state index in [2.05, 4.69) is 4.98 Å². The molecule has 0 fully saturated rings. The number of sulfonamides is 1. The molecule has 6 heteroatoms. The van der Waals surface area contributed by atoms with Crippen LogP contribution in [0.3, 0.4) is 0 Å². The Morgan fingerprint density at radius 2 is 2.20 bits per heavy atom. The Morgan fingerprint density at radius 1 is 1.40 bits per heavy atom. The molecule has 1 aromatic carbocycles. The van der Waals surface area contributed by atoms with Crippen molar-refractivity contribution in [1.82, 2.24) is 9.29 Å². The minimum absolute atomic E-state index is 0.147. The molecule has 1 N–H and O–H groups in total. The van der Waals surface area contributed by atoms with E-state index < -0.39 is 10.0 Å². The second-order valence-corrected chi connectivity index (χ2v) is 7.21. The highest BCUT2D eigenvalue weighted by molar-refractivity contribution is 7.89. The van der Waals surface area contributed by atoms with Gasteiger partial charge in [0.05, 0.1) is 18.4 Å². The summed E-state index contributed by atoms with van der Waals surface area (Å²) in [7, 11) is -1.50. The van der Waals surface area contributed by atoms with Gasteiger partial charge in [-0.1, -0.05) is 12.1 Å². The van der Waals surface area contributed by atoms with Gasteiger partial charge in [-0.15, -0.1) is 0 Å². The normalized spacial score (nSPS) is 16.3. The summed E-state index contributed by atoms with van der Waals surface area (Å²) < 4.78 is 31.0. The monoisotopic (exact) mass is 294 g/mol. The van der Waals surface area contributed by atoms with Crippen LogP contribution in [0.4, 0.5) is 0 Å². The lowest BCUT2D eigenvalue weighted by molar-refractivity contribution is 0.392. The molecule has 0 aliphatic carbocycles. The van der Waals surface area contributed by atoms with E-state index in [0.29, 0.717) is 19.5 Å². The lowest BCUT2D eigenvalue weighted by atomic mass is 10.1. The van der Waals surface area contributed by atoms with Crippen molar-refractivity contribution in [2.75, 3.05) is 19.4 Å². The fourth-order valence-electron chi connectivity index (χ4n) is 2.78. The number of hydrogen-bond donors (Lipinski definition) is 1. The number of nitrogens with zero attached hydrogens (tertiary/aromatic N) is 1. The van der Waals surface area contributed by atoms with E-state index in [9.17, 15) is 8.42 Å². The smallest absolute Gasteiger partial charge is 0.214 e. The van der Waals surface area contributed by atoms with Crippen molar-refractivity contribution in [3.8, 4) is 5.75 Å². The number of aromatic amines is 1. The van der Waals surface area contributed by atoms with Gasteiger partial charge in [0.25, 0.3) is 0 Å². The van der Waals surface area contributed by atoms with Crippen molar-refractivity contribution in [3.63, 3.8) is 0 Å². The van der Waals surface area contributed by atoms with Gasteiger partial charge in [0.15, 0.2) is 0 Å². The number of H-pyrrole nitrogens is 1. The van der Waals surface area contributed by atoms with E-state index in [0.717, 1.165) is 27.9 Å². The molecule has 1 aliphatic rings. The molecule has 0 radical (unpaired) electrons. The van der Waals surface area contributed by atoms with Gasteiger partial charge in [-0.3, -0.25) is 0 Å². The first-order valence-electron chi connectivity index (χ1n) is 6.71. The fraction of sp³-hybridized carbons (Fsp3) is 0.429. The number of rotatable bonds is 3. The molecule has 0 spiro atoms. The van der Waals surface area contributed by atoms with Crippen molar-refractivity contribution in [1.29, 1.82) is 0 Å². The van der Waals surface area contributed by atoms with Crippen molar-refractivity contribution in [2.45, 2.75) is 19.9 Å². The molecule has 2 heterocycles. The highest BCUT2D eigenvalue weighted by Gasteiger charge is 2.28. The Balaban J connectivity index is 2.10. The fourth-order valence-corrected chi connectivity index (χ4v) is 3.84. The van der Waals surface area contributed by atoms with E-state index in [1.54, 1.807) is 18.3 Å². The minimum Gasteiger partial charge on any atom is -0.495 e. The molecule has 1 aromatic heterocycles. The summed E-state index contributed by atoms with van der Waals surface area (Å²) in [4.78, 5) is 3.38. The number of aromatic nitrogens is 1. The molecule has 20 heavy (non-hydrogen) atoms. The maximum atomic E-state index is 12.0. The molecule has 0 bridgehead atoms. The summed E-state index contributed by atoms with van der Waals surface area (Å²) in [5.74, 6) is 0.940. The van der Waals surface area contributed by atoms with Gasteiger partial charge in [0.2, 0.25) is 10.0 Å². The van der Waals surface area contributed by atoms with Crippen LogP contribution in [0.5, 0.6) is 5.75 Å². The van der Waals surface area contributed by atoms with Gasteiger partial charge >= 0.3 is 0 Å². The average molecular weight is 294 g/mol. The van der Waals surface area contributed by atoms with Crippen LogP contribution in [-0.2, 0) is 23.0 Å². The largest absolute Gasteiger partial charge is 0.495 e. The zero-order chi connectivity index (χ0) is 14.3. The molecule has 3 rings (SSSR count). The maximum Gasteiger partial charge on any atom is 0.214 e. The molecule has 5 nitrogen and oxygen atoms in total. The second-order valence-electron chi connectivity index (χ2n) is 4.95. The van der Waals surface area contributed by atoms with Crippen LogP contribution in [0, 0.1) is 0 Å². The van der Waals surface area contributed by atoms with Gasteiger partial charge in [0, 0.05) is 30.6 Å². The first-order valence-corrected chi connectivity index (χ1v) is 8.32. The van der Waals surface area contributed by atoms with Gasteiger partial charge in [-0.25, -0.2) is 8.42 Å². The minimum atomic E-state index is -3.14.